The fourth-order valence-electron chi connectivity index (χ4n) is 5.66. The van der Waals surface area contributed by atoms with E-state index in [0.717, 1.165) is 61.7 Å². The van der Waals surface area contributed by atoms with E-state index in [1.165, 1.54) is 0 Å². The second-order valence-corrected chi connectivity index (χ2v) is 10.9. The molecule has 0 radical (unpaired) electrons. The molecule has 3 N–H and O–H groups in total. The molecule has 2 saturated heterocycles. The summed E-state index contributed by atoms with van der Waals surface area (Å²) in [6, 6.07) is 0. The highest BCUT2D eigenvalue weighted by molar-refractivity contribution is 5.85. The van der Waals surface area contributed by atoms with Gasteiger partial charge in [0.05, 0.1) is 29.9 Å². The number of hydrogen-bond donors (Lipinski definition) is 2. The Balaban J connectivity index is 0.00000320. The number of likely N-dealkylation sites (tertiary alicyclic amines) is 1. The summed E-state index contributed by atoms with van der Waals surface area (Å²) in [7, 11) is 1.89. The predicted octanol–water partition coefficient (Wildman–Crippen LogP) is 1.37. The Morgan fingerprint density at radius 3 is 2.54 bits per heavy atom. The Hall–Kier alpha value is -2.76. The van der Waals surface area contributed by atoms with Crippen molar-refractivity contribution in [3.63, 3.8) is 0 Å². The largest absolute Gasteiger partial charge is 0.378 e. The predicted molar refractivity (Wildman–Crippen MR) is 146 cm³/mol. The van der Waals surface area contributed by atoms with Gasteiger partial charge in [0, 0.05) is 62.8 Å². The molecule has 0 bridgehead atoms. The Morgan fingerprint density at radius 1 is 1.16 bits per heavy atom. The lowest BCUT2D eigenvalue weighted by atomic mass is 9.91. The second-order valence-electron chi connectivity index (χ2n) is 10.9. The number of morpholine rings is 1. The quantitative estimate of drug-likeness (QED) is 0.564. The zero-order chi connectivity index (χ0) is 25.5. The van der Waals surface area contributed by atoms with E-state index in [1.54, 1.807) is 12.4 Å². The number of amides is 1. The minimum Gasteiger partial charge on any atom is -0.378 e. The monoisotopic (exact) mass is 531 g/mol. The molecule has 1 amide bonds. The van der Waals surface area contributed by atoms with E-state index >= 15 is 0 Å². The average Bonchev–Trinajstić information content (AvgIpc) is 3.49. The SMILES string of the molecule is CNCC(C)(C)C(=O)N1CC[C@](C)(N2CCc3c(-c4cnc(N)nc4)nc(N4CCOCC4)nc32)C1.Cl. The van der Waals surface area contributed by atoms with E-state index in [0.29, 0.717) is 32.3 Å². The molecule has 0 aromatic carbocycles. The van der Waals surface area contributed by atoms with E-state index < -0.39 is 5.41 Å². The lowest BCUT2D eigenvalue weighted by molar-refractivity contribution is -0.139. The molecule has 11 nitrogen and oxygen atoms in total. The van der Waals surface area contributed by atoms with Gasteiger partial charge in [0.1, 0.15) is 5.82 Å². The van der Waals surface area contributed by atoms with Crippen molar-refractivity contribution in [2.75, 3.05) is 75.1 Å². The van der Waals surface area contributed by atoms with Crippen LogP contribution < -0.4 is 20.9 Å². The third kappa shape index (κ3) is 5.17. The first-order chi connectivity index (χ1) is 17.2. The molecule has 0 aliphatic carbocycles. The number of carbonyl (C=O) groups excluding carboxylic acids is 1. The number of ether oxygens (including phenoxy) is 1. The summed E-state index contributed by atoms with van der Waals surface area (Å²) in [4.78, 5) is 38.4. The normalized spacial score (nSPS) is 21.7. The molecule has 5 heterocycles. The Morgan fingerprint density at radius 2 is 1.86 bits per heavy atom. The first kappa shape index (κ1) is 27.3. The van der Waals surface area contributed by atoms with E-state index in [4.69, 9.17) is 20.4 Å². The van der Waals surface area contributed by atoms with Gasteiger partial charge in [0.2, 0.25) is 17.8 Å². The van der Waals surface area contributed by atoms with Crippen molar-refractivity contribution in [3.8, 4) is 11.3 Å². The number of anilines is 3. The van der Waals surface area contributed by atoms with Crippen molar-refractivity contribution in [1.29, 1.82) is 0 Å². The third-order valence-electron chi connectivity index (χ3n) is 7.64. The Labute approximate surface area is 224 Å². The van der Waals surface area contributed by atoms with Crippen LogP contribution in [0.3, 0.4) is 0 Å². The van der Waals surface area contributed by atoms with Gasteiger partial charge in [-0.3, -0.25) is 4.79 Å². The van der Waals surface area contributed by atoms with E-state index in [9.17, 15) is 4.79 Å². The Bertz CT molecular complexity index is 1120. The molecule has 5 rings (SSSR count). The summed E-state index contributed by atoms with van der Waals surface area (Å²) < 4.78 is 5.56. The van der Waals surface area contributed by atoms with Gasteiger partial charge in [0.15, 0.2) is 0 Å². The smallest absolute Gasteiger partial charge is 0.229 e. The molecule has 0 saturated carbocycles. The zero-order valence-corrected chi connectivity index (χ0v) is 23.0. The van der Waals surface area contributed by atoms with Gasteiger partial charge in [0.25, 0.3) is 0 Å². The summed E-state index contributed by atoms with van der Waals surface area (Å²) in [6.07, 6.45) is 5.19. The fourth-order valence-corrected chi connectivity index (χ4v) is 5.66. The van der Waals surface area contributed by atoms with Gasteiger partial charge in [-0.2, -0.15) is 4.98 Å². The number of nitrogen functional groups attached to an aromatic ring is 1. The molecule has 2 aromatic rings. The minimum absolute atomic E-state index is 0. The summed E-state index contributed by atoms with van der Waals surface area (Å²) in [5.41, 5.74) is 7.89. The van der Waals surface area contributed by atoms with Gasteiger partial charge in [-0.25, -0.2) is 15.0 Å². The van der Waals surface area contributed by atoms with Gasteiger partial charge in [-0.05, 0) is 40.7 Å². The van der Waals surface area contributed by atoms with Crippen LogP contribution in [0.2, 0.25) is 0 Å². The molecular formula is C25H38ClN9O2. The third-order valence-corrected chi connectivity index (χ3v) is 7.64. The average molecular weight is 532 g/mol. The van der Waals surface area contributed by atoms with Crippen LogP contribution >= 0.6 is 12.4 Å². The highest BCUT2D eigenvalue weighted by atomic mass is 35.5. The van der Waals surface area contributed by atoms with Crippen molar-refractivity contribution in [2.45, 2.75) is 39.2 Å². The first-order valence-corrected chi connectivity index (χ1v) is 12.7. The van der Waals surface area contributed by atoms with E-state index in [2.05, 4.69) is 32.0 Å². The van der Waals surface area contributed by atoms with Crippen LogP contribution in [0, 0.1) is 5.41 Å². The minimum atomic E-state index is -0.448. The van der Waals surface area contributed by atoms with E-state index in [1.807, 2.05) is 25.8 Å². The highest BCUT2D eigenvalue weighted by Gasteiger charge is 2.46. The number of rotatable bonds is 6. The van der Waals surface area contributed by atoms with Gasteiger partial charge < -0.3 is 30.5 Å². The molecule has 202 valence electrons. The molecule has 2 fully saturated rings. The van der Waals surface area contributed by atoms with Crippen LogP contribution in [0.15, 0.2) is 12.4 Å². The number of carbonyl (C=O) groups is 1. The van der Waals surface area contributed by atoms with Gasteiger partial charge in [-0.1, -0.05) is 0 Å². The molecule has 3 aliphatic heterocycles. The van der Waals surface area contributed by atoms with Crippen LogP contribution in [-0.2, 0) is 16.0 Å². The number of aromatic nitrogens is 4. The lowest BCUT2D eigenvalue weighted by Crippen LogP contribution is -2.51. The van der Waals surface area contributed by atoms with Crippen molar-refractivity contribution < 1.29 is 9.53 Å². The topological polar surface area (TPSA) is 126 Å². The number of hydrogen-bond acceptors (Lipinski definition) is 10. The molecule has 37 heavy (non-hydrogen) atoms. The molecule has 0 unspecified atom stereocenters. The molecular weight excluding hydrogens is 494 g/mol. The summed E-state index contributed by atoms with van der Waals surface area (Å²) in [6.45, 7) is 12.0. The van der Waals surface area contributed by atoms with Crippen molar-refractivity contribution in [2.24, 2.45) is 5.41 Å². The first-order valence-electron chi connectivity index (χ1n) is 12.7. The van der Waals surface area contributed by atoms with Crippen LogP contribution in [0.4, 0.5) is 17.7 Å². The van der Waals surface area contributed by atoms with Crippen molar-refractivity contribution in [3.05, 3.63) is 18.0 Å². The maximum absolute atomic E-state index is 13.3. The van der Waals surface area contributed by atoms with Crippen LogP contribution in [0.5, 0.6) is 0 Å². The number of fused-ring (bicyclic) bond motifs is 1. The molecule has 0 spiro atoms. The maximum Gasteiger partial charge on any atom is 0.229 e. The number of halogens is 1. The lowest BCUT2D eigenvalue weighted by Gasteiger charge is -2.38. The van der Waals surface area contributed by atoms with Crippen LogP contribution in [-0.4, -0.2) is 95.8 Å². The van der Waals surface area contributed by atoms with Gasteiger partial charge >= 0.3 is 0 Å². The van der Waals surface area contributed by atoms with Crippen LogP contribution in [0.1, 0.15) is 32.8 Å². The fraction of sp³-hybridized carbons (Fsp3) is 0.640. The summed E-state index contributed by atoms with van der Waals surface area (Å²) >= 11 is 0. The molecule has 12 heteroatoms. The number of nitrogens with zero attached hydrogens (tertiary/aromatic N) is 7. The summed E-state index contributed by atoms with van der Waals surface area (Å²) in [5.74, 6) is 2.07. The van der Waals surface area contributed by atoms with E-state index in [-0.39, 0.29) is 29.8 Å². The number of nitrogens with two attached hydrogens (primary N) is 1. The highest BCUT2D eigenvalue weighted by Crippen LogP contribution is 2.42. The molecule has 1 atom stereocenters. The summed E-state index contributed by atoms with van der Waals surface area (Å²) in [5, 5.41) is 3.16. The van der Waals surface area contributed by atoms with Gasteiger partial charge in [-0.15, -0.1) is 12.4 Å². The molecule has 3 aliphatic rings. The second kappa shape index (κ2) is 10.5. The molecule has 2 aromatic heterocycles. The van der Waals surface area contributed by atoms with Crippen LogP contribution in [0.25, 0.3) is 11.3 Å². The Kier molecular flexibility index (Phi) is 7.77. The number of nitrogens with one attached hydrogen (secondary N) is 1. The maximum atomic E-state index is 13.3. The zero-order valence-electron chi connectivity index (χ0n) is 22.2. The van der Waals surface area contributed by atoms with Crippen molar-refractivity contribution in [1.82, 2.24) is 30.2 Å². The van der Waals surface area contributed by atoms with Crippen molar-refractivity contribution >= 4 is 36.0 Å². The standard InChI is InChI=1S/C25H37N9O2.ClH/c1-24(2,15-27-4)21(35)33-8-6-25(3,16-33)34-7-5-18-19(17-13-28-22(26)29-14-17)30-23(31-20(18)34)32-9-11-36-12-10-32;/h13-14,27H,5-12,15-16H2,1-4H3,(H2,26,28,29);1H/t25-;/m0./s1.